The number of carbonyl (C=O) groups is 1. The van der Waals surface area contributed by atoms with E-state index in [1.807, 2.05) is 37.3 Å². The third-order valence-electron chi connectivity index (χ3n) is 8.51. The van der Waals surface area contributed by atoms with E-state index in [0.29, 0.717) is 25.0 Å². The Morgan fingerprint density at radius 3 is 2.48 bits per heavy atom. The Labute approximate surface area is 239 Å². The molecule has 0 bridgehead atoms. The van der Waals surface area contributed by atoms with E-state index < -0.39 is 0 Å². The van der Waals surface area contributed by atoms with Crippen molar-refractivity contribution in [2.24, 2.45) is 11.8 Å². The zero-order chi connectivity index (χ0) is 28.2. The molecule has 40 heavy (non-hydrogen) atoms. The Bertz CT molecular complexity index is 1270. The second-order valence-electron chi connectivity index (χ2n) is 12.8. The normalized spacial score (nSPS) is 20.2. The maximum atomic E-state index is 13.4. The van der Waals surface area contributed by atoms with Crippen LogP contribution in [0.2, 0.25) is 0 Å². The number of aryl methyl sites for hydroxylation is 2. The topological polar surface area (TPSA) is 69.0 Å². The van der Waals surface area contributed by atoms with E-state index >= 15 is 0 Å². The van der Waals surface area contributed by atoms with Crippen LogP contribution in [0.25, 0.3) is 0 Å². The molecule has 3 aromatic rings. The molecule has 2 aromatic carbocycles. The van der Waals surface area contributed by atoms with E-state index in [4.69, 9.17) is 14.9 Å². The van der Waals surface area contributed by atoms with Gasteiger partial charge in [0.05, 0.1) is 12.7 Å². The third-order valence-corrected chi connectivity index (χ3v) is 8.51. The molecule has 0 spiro atoms. The van der Waals surface area contributed by atoms with Crippen molar-refractivity contribution in [3.8, 4) is 0 Å². The molecule has 1 aromatic heterocycles. The minimum atomic E-state index is -0.0649. The number of nitrogens with zero attached hydrogens (tertiary/aromatic N) is 3. The van der Waals surface area contributed by atoms with Crippen LogP contribution in [0.1, 0.15) is 112 Å². The van der Waals surface area contributed by atoms with Crippen LogP contribution < -0.4 is 5.32 Å². The summed E-state index contributed by atoms with van der Waals surface area (Å²) in [4.78, 5) is 13.4. The predicted octanol–water partition coefficient (Wildman–Crippen LogP) is 7.88. The van der Waals surface area contributed by atoms with Gasteiger partial charge in [0.25, 0.3) is 0 Å². The number of carbonyl (C=O) groups excluding carboxylic acids is 1. The number of aromatic nitrogens is 3. The molecule has 2 aliphatic carbocycles. The van der Waals surface area contributed by atoms with Gasteiger partial charge >= 0.3 is 0 Å². The second kappa shape index (κ2) is 12.7. The van der Waals surface area contributed by atoms with E-state index in [9.17, 15) is 4.79 Å². The average Bonchev–Trinajstić information content (AvgIpc) is 3.64. The molecule has 0 aliphatic heterocycles. The molecule has 0 saturated heterocycles. The monoisotopic (exact) mass is 542 g/mol. The van der Waals surface area contributed by atoms with Gasteiger partial charge in [-0.1, -0.05) is 61.9 Å². The smallest absolute Gasteiger partial charge is 0.225 e. The lowest BCUT2D eigenvalue weighted by Gasteiger charge is -2.36. The van der Waals surface area contributed by atoms with Gasteiger partial charge in [-0.05, 0) is 88.3 Å². The lowest BCUT2D eigenvalue weighted by molar-refractivity contribution is -0.116. The summed E-state index contributed by atoms with van der Waals surface area (Å²) >= 11 is 0. The fraction of sp³-hybridized carbons (Fsp3) is 0.559. The number of hydrogen-bond donors (Lipinski definition) is 1. The van der Waals surface area contributed by atoms with E-state index in [1.165, 1.54) is 37.7 Å². The SMILES string of the molecule is Cc1ccc(NC(=O)C[C@@H](C[C@H](C)OCc2ccccc2)c2nnc([C@H]3C[C@@H](CC(C)C)C3)n2C2CC2)c(C)c1. The van der Waals surface area contributed by atoms with Gasteiger partial charge in [-0.2, -0.15) is 0 Å². The van der Waals surface area contributed by atoms with Gasteiger partial charge in [-0.3, -0.25) is 4.79 Å². The summed E-state index contributed by atoms with van der Waals surface area (Å²) in [5.41, 5.74) is 4.30. The summed E-state index contributed by atoms with van der Waals surface area (Å²) < 4.78 is 8.70. The minimum Gasteiger partial charge on any atom is -0.374 e. The molecular formula is C34H46N4O2. The van der Waals surface area contributed by atoms with Crippen LogP contribution in [0.15, 0.2) is 48.5 Å². The standard InChI is InChI=1S/C34H46N4O2/c1-22(2)15-27-18-29(19-27)34-37-36-33(38(34)30-12-13-30)28(17-25(5)40-21-26-9-7-6-8-10-26)20-32(39)35-31-14-11-23(3)16-24(31)4/h6-11,14,16,22,25,27-30H,12-13,15,17-21H2,1-5H3,(H,35,39)/t25-,27-,28+,29+/m0/s1. The van der Waals surface area contributed by atoms with Gasteiger partial charge in [-0.15, -0.1) is 10.2 Å². The largest absolute Gasteiger partial charge is 0.374 e. The summed E-state index contributed by atoms with van der Waals surface area (Å²) in [6.07, 6.45) is 7.10. The molecule has 1 amide bonds. The van der Waals surface area contributed by atoms with Crippen LogP contribution in [-0.4, -0.2) is 26.8 Å². The van der Waals surface area contributed by atoms with Crippen LogP contribution in [0, 0.1) is 25.7 Å². The highest BCUT2D eigenvalue weighted by molar-refractivity contribution is 5.92. The van der Waals surface area contributed by atoms with Crippen molar-refractivity contribution in [2.75, 3.05) is 5.32 Å². The van der Waals surface area contributed by atoms with Gasteiger partial charge in [0.1, 0.15) is 11.6 Å². The van der Waals surface area contributed by atoms with E-state index in [2.05, 4.69) is 55.8 Å². The number of anilines is 1. The Balaban J connectivity index is 1.34. The second-order valence-corrected chi connectivity index (χ2v) is 12.8. The van der Waals surface area contributed by atoms with Crippen molar-refractivity contribution in [1.82, 2.24) is 14.8 Å². The molecule has 2 aliphatic rings. The Hall–Kier alpha value is -2.99. The number of amides is 1. The van der Waals surface area contributed by atoms with Crippen LogP contribution in [0.3, 0.4) is 0 Å². The third kappa shape index (κ3) is 7.20. The molecule has 2 fully saturated rings. The Kier molecular flexibility index (Phi) is 9.04. The number of ether oxygens (including phenoxy) is 1. The average molecular weight is 543 g/mol. The molecule has 5 rings (SSSR count). The molecule has 1 heterocycles. The van der Waals surface area contributed by atoms with Crippen molar-refractivity contribution in [1.29, 1.82) is 0 Å². The summed E-state index contributed by atoms with van der Waals surface area (Å²) in [7, 11) is 0. The quantitative estimate of drug-likeness (QED) is 0.239. The van der Waals surface area contributed by atoms with Crippen LogP contribution in [0.4, 0.5) is 5.69 Å². The van der Waals surface area contributed by atoms with Crippen molar-refractivity contribution < 1.29 is 9.53 Å². The summed E-state index contributed by atoms with van der Waals surface area (Å²) in [5, 5.41) is 12.8. The van der Waals surface area contributed by atoms with Gasteiger partial charge in [0.15, 0.2) is 0 Å². The summed E-state index contributed by atoms with van der Waals surface area (Å²) in [6.45, 7) is 11.4. The van der Waals surface area contributed by atoms with Crippen molar-refractivity contribution in [2.45, 2.75) is 110 Å². The molecule has 1 N–H and O–H groups in total. The fourth-order valence-corrected chi connectivity index (χ4v) is 6.33. The first-order chi connectivity index (χ1) is 19.3. The van der Waals surface area contributed by atoms with Gasteiger partial charge in [0.2, 0.25) is 5.91 Å². The lowest BCUT2D eigenvalue weighted by Crippen LogP contribution is -2.27. The first-order valence-corrected chi connectivity index (χ1v) is 15.2. The maximum Gasteiger partial charge on any atom is 0.225 e. The van der Waals surface area contributed by atoms with Crippen molar-refractivity contribution in [3.05, 3.63) is 76.9 Å². The number of nitrogens with one attached hydrogen (secondary N) is 1. The highest BCUT2D eigenvalue weighted by atomic mass is 16.5. The predicted molar refractivity (Wildman–Crippen MR) is 160 cm³/mol. The zero-order valence-electron chi connectivity index (χ0n) is 24.9. The fourth-order valence-electron chi connectivity index (χ4n) is 6.33. The molecule has 6 nitrogen and oxygen atoms in total. The van der Waals surface area contributed by atoms with E-state index in [-0.39, 0.29) is 17.9 Å². The van der Waals surface area contributed by atoms with Crippen molar-refractivity contribution in [3.63, 3.8) is 0 Å². The Morgan fingerprint density at radius 2 is 1.80 bits per heavy atom. The maximum absolute atomic E-state index is 13.4. The van der Waals surface area contributed by atoms with Gasteiger partial charge < -0.3 is 14.6 Å². The molecule has 214 valence electrons. The highest BCUT2D eigenvalue weighted by Crippen LogP contribution is 2.48. The summed E-state index contributed by atoms with van der Waals surface area (Å²) in [5.74, 6) is 4.08. The number of hydrogen-bond acceptors (Lipinski definition) is 4. The number of benzene rings is 2. The van der Waals surface area contributed by atoms with E-state index in [1.54, 1.807) is 0 Å². The molecule has 6 heteroatoms. The lowest BCUT2D eigenvalue weighted by atomic mass is 9.71. The zero-order valence-corrected chi connectivity index (χ0v) is 24.9. The first-order valence-electron chi connectivity index (χ1n) is 15.2. The molecule has 0 radical (unpaired) electrons. The van der Waals surface area contributed by atoms with Crippen LogP contribution in [0.5, 0.6) is 0 Å². The minimum absolute atomic E-state index is 0.0137. The molecule has 2 saturated carbocycles. The molecule has 2 atom stereocenters. The van der Waals surface area contributed by atoms with Gasteiger partial charge in [0, 0.05) is 30.0 Å². The molecular weight excluding hydrogens is 496 g/mol. The number of rotatable bonds is 13. The van der Waals surface area contributed by atoms with Crippen molar-refractivity contribution >= 4 is 11.6 Å². The highest BCUT2D eigenvalue weighted by Gasteiger charge is 2.40. The van der Waals surface area contributed by atoms with Crippen LogP contribution in [-0.2, 0) is 16.1 Å². The summed E-state index contributed by atoms with van der Waals surface area (Å²) in [6, 6.07) is 16.9. The van der Waals surface area contributed by atoms with E-state index in [0.717, 1.165) is 46.7 Å². The van der Waals surface area contributed by atoms with Gasteiger partial charge in [-0.25, -0.2) is 0 Å². The molecule has 0 unspecified atom stereocenters. The first kappa shape index (κ1) is 28.5. The van der Waals surface area contributed by atoms with Crippen LogP contribution >= 0.6 is 0 Å². The Morgan fingerprint density at radius 1 is 1.05 bits per heavy atom.